The molecule has 1 heterocycles. The van der Waals surface area contributed by atoms with Gasteiger partial charge in [0.15, 0.2) is 5.75 Å². The zero-order valence-corrected chi connectivity index (χ0v) is 19.0. The van der Waals surface area contributed by atoms with E-state index in [9.17, 15) is 19.7 Å². The van der Waals surface area contributed by atoms with Gasteiger partial charge in [0.1, 0.15) is 5.69 Å². The quantitative estimate of drug-likeness (QED) is 0.348. The minimum absolute atomic E-state index is 0.115. The van der Waals surface area contributed by atoms with Gasteiger partial charge in [-0.3, -0.25) is 14.9 Å². The number of piperazine rings is 1. The maximum Gasteiger partial charge on any atom is 0.338 e. The summed E-state index contributed by atoms with van der Waals surface area (Å²) in [7, 11) is 1.44. The van der Waals surface area contributed by atoms with Crippen molar-refractivity contribution in [3.63, 3.8) is 0 Å². The summed E-state index contributed by atoms with van der Waals surface area (Å²) in [6.07, 6.45) is 0. The van der Waals surface area contributed by atoms with Crippen LogP contribution in [0.5, 0.6) is 5.75 Å². The predicted octanol–water partition coefficient (Wildman–Crippen LogP) is 4.05. The lowest BCUT2D eigenvalue weighted by molar-refractivity contribution is -0.384. The summed E-state index contributed by atoms with van der Waals surface area (Å²) >= 11 is 12.3. The van der Waals surface area contributed by atoms with Crippen LogP contribution in [0.25, 0.3) is 0 Å². The van der Waals surface area contributed by atoms with Crippen LogP contribution in [0.3, 0.4) is 0 Å². The van der Waals surface area contributed by atoms with Crippen molar-refractivity contribution in [2.45, 2.75) is 6.92 Å². The van der Waals surface area contributed by atoms with Crippen molar-refractivity contribution in [1.29, 1.82) is 0 Å². The molecule has 1 aliphatic rings. The molecule has 0 atom stereocenters. The van der Waals surface area contributed by atoms with Crippen molar-refractivity contribution in [2.24, 2.45) is 0 Å². The van der Waals surface area contributed by atoms with Crippen molar-refractivity contribution < 1.29 is 24.0 Å². The van der Waals surface area contributed by atoms with Gasteiger partial charge in [-0.1, -0.05) is 23.2 Å². The Bertz CT molecular complexity index is 1030. The molecule has 0 N–H and O–H groups in total. The summed E-state index contributed by atoms with van der Waals surface area (Å²) in [5, 5.41) is 12.1. The Balaban J connectivity index is 1.75. The molecule has 1 aliphatic heterocycles. The molecule has 0 radical (unpaired) electrons. The lowest BCUT2D eigenvalue weighted by Gasteiger charge is -2.36. The lowest BCUT2D eigenvalue weighted by atomic mass is 10.1. The number of anilines is 1. The molecule has 0 bridgehead atoms. The van der Waals surface area contributed by atoms with Crippen molar-refractivity contribution in [3.8, 4) is 5.75 Å². The topological polar surface area (TPSA) is 102 Å². The van der Waals surface area contributed by atoms with Gasteiger partial charge in [0.25, 0.3) is 11.6 Å². The maximum atomic E-state index is 12.9. The number of ether oxygens (including phenoxy) is 2. The number of carbonyl (C=O) groups is 2. The first-order valence-electron chi connectivity index (χ1n) is 9.79. The summed E-state index contributed by atoms with van der Waals surface area (Å²) in [6.45, 7) is 3.28. The molecule has 1 fully saturated rings. The minimum Gasteiger partial charge on any atom is -0.494 e. The number of nitro groups is 1. The Morgan fingerprint density at radius 1 is 1.06 bits per heavy atom. The fraction of sp³-hybridized carbons (Fsp3) is 0.333. The molecule has 11 heteroatoms. The van der Waals surface area contributed by atoms with E-state index in [-0.39, 0.29) is 33.8 Å². The van der Waals surface area contributed by atoms with Crippen LogP contribution in [0, 0.1) is 10.1 Å². The molecule has 170 valence electrons. The van der Waals surface area contributed by atoms with E-state index in [1.807, 2.05) is 4.90 Å². The highest BCUT2D eigenvalue weighted by molar-refractivity contribution is 6.37. The first-order chi connectivity index (χ1) is 15.3. The van der Waals surface area contributed by atoms with E-state index >= 15 is 0 Å². The monoisotopic (exact) mass is 481 g/mol. The first kappa shape index (κ1) is 23.6. The molecule has 1 saturated heterocycles. The molecule has 3 rings (SSSR count). The molecule has 0 saturated carbocycles. The molecule has 0 aliphatic carbocycles. The average molecular weight is 482 g/mol. The average Bonchev–Trinajstić information content (AvgIpc) is 2.78. The molecule has 32 heavy (non-hydrogen) atoms. The molecular formula is C21H21Cl2N3O6. The van der Waals surface area contributed by atoms with Crippen molar-refractivity contribution in [3.05, 3.63) is 61.6 Å². The Morgan fingerprint density at radius 2 is 1.69 bits per heavy atom. The molecular weight excluding hydrogens is 461 g/mol. The number of hydrogen-bond donors (Lipinski definition) is 0. The minimum atomic E-state index is -0.616. The van der Waals surface area contributed by atoms with Crippen LogP contribution in [0.1, 0.15) is 27.6 Å². The third kappa shape index (κ3) is 4.89. The van der Waals surface area contributed by atoms with Gasteiger partial charge in [-0.2, -0.15) is 0 Å². The third-order valence-corrected chi connectivity index (χ3v) is 5.60. The van der Waals surface area contributed by atoms with Gasteiger partial charge in [-0.25, -0.2) is 4.79 Å². The Morgan fingerprint density at radius 3 is 2.22 bits per heavy atom. The van der Waals surface area contributed by atoms with Crippen molar-refractivity contribution >= 4 is 46.5 Å². The molecule has 0 unspecified atom stereocenters. The summed E-state index contributed by atoms with van der Waals surface area (Å²) in [6, 6.07) is 7.25. The van der Waals surface area contributed by atoms with Gasteiger partial charge < -0.3 is 19.3 Å². The van der Waals surface area contributed by atoms with E-state index in [1.54, 1.807) is 11.8 Å². The van der Waals surface area contributed by atoms with E-state index < -0.39 is 10.9 Å². The van der Waals surface area contributed by atoms with Crippen molar-refractivity contribution in [2.75, 3.05) is 44.8 Å². The van der Waals surface area contributed by atoms with Gasteiger partial charge in [-0.05, 0) is 31.2 Å². The Kier molecular flexibility index (Phi) is 7.42. The van der Waals surface area contributed by atoms with Gasteiger partial charge in [0, 0.05) is 37.8 Å². The number of carbonyl (C=O) groups excluding carboxylic acids is 2. The summed E-state index contributed by atoms with van der Waals surface area (Å²) in [5.41, 5.74) is 0.637. The van der Waals surface area contributed by atoms with Gasteiger partial charge in [0.05, 0.1) is 34.2 Å². The van der Waals surface area contributed by atoms with Crippen LogP contribution in [0.4, 0.5) is 11.4 Å². The van der Waals surface area contributed by atoms with Crippen LogP contribution in [0.15, 0.2) is 30.3 Å². The van der Waals surface area contributed by atoms with Crippen LogP contribution in [-0.2, 0) is 4.74 Å². The zero-order valence-electron chi connectivity index (χ0n) is 17.5. The molecule has 9 nitrogen and oxygen atoms in total. The summed E-state index contributed by atoms with van der Waals surface area (Å²) < 4.78 is 10.0. The number of hydrogen-bond acceptors (Lipinski definition) is 7. The lowest BCUT2D eigenvalue weighted by Crippen LogP contribution is -2.49. The van der Waals surface area contributed by atoms with Gasteiger partial charge >= 0.3 is 5.97 Å². The number of methoxy groups -OCH3 is 1. The molecule has 0 aromatic heterocycles. The normalized spacial score (nSPS) is 13.6. The van der Waals surface area contributed by atoms with E-state index in [0.717, 1.165) is 0 Å². The molecule has 0 spiro atoms. The summed E-state index contributed by atoms with van der Waals surface area (Å²) in [4.78, 5) is 39.3. The highest BCUT2D eigenvalue weighted by Crippen LogP contribution is 2.35. The summed E-state index contributed by atoms with van der Waals surface area (Å²) in [5.74, 6) is -0.564. The van der Waals surface area contributed by atoms with E-state index in [1.165, 1.54) is 37.4 Å². The Hall–Kier alpha value is -3.04. The number of nitro benzene ring substituents is 1. The van der Waals surface area contributed by atoms with E-state index in [2.05, 4.69) is 0 Å². The second-order valence-corrected chi connectivity index (χ2v) is 7.75. The third-order valence-electron chi connectivity index (χ3n) is 5.04. The van der Waals surface area contributed by atoms with Crippen LogP contribution in [0.2, 0.25) is 10.0 Å². The smallest absolute Gasteiger partial charge is 0.338 e. The standard InChI is InChI=1S/C21H21Cl2N3O6/c1-3-32-21(28)13-4-5-17(18(12-13)26(29)30)24-6-8-25(9-7-24)20(27)14-10-15(22)19(31-2)16(23)11-14/h4-5,10-12H,3,6-9H2,1-2H3. The van der Waals surface area contributed by atoms with E-state index in [4.69, 9.17) is 32.7 Å². The highest BCUT2D eigenvalue weighted by Gasteiger charge is 2.28. The molecule has 1 amide bonds. The highest BCUT2D eigenvalue weighted by atomic mass is 35.5. The Labute approximate surface area is 194 Å². The van der Waals surface area contributed by atoms with Gasteiger partial charge in [-0.15, -0.1) is 0 Å². The predicted molar refractivity (Wildman–Crippen MR) is 120 cm³/mol. The van der Waals surface area contributed by atoms with E-state index in [0.29, 0.717) is 43.2 Å². The molecule has 2 aromatic carbocycles. The number of esters is 1. The second-order valence-electron chi connectivity index (χ2n) is 6.93. The second kappa shape index (κ2) is 10.1. The fourth-order valence-electron chi connectivity index (χ4n) is 3.49. The van der Waals surface area contributed by atoms with Gasteiger partial charge in [0.2, 0.25) is 0 Å². The number of benzene rings is 2. The zero-order chi connectivity index (χ0) is 23.4. The first-order valence-corrected chi connectivity index (χ1v) is 10.5. The van der Waals surface area contributed by atoms with Crippen molar-refractivity contribution in [1.82, 2.24) is 4.90 Å². The number of amides is 1. The fourth-order valence-corrected chi connectivity index (χ4v) is 4.13. The molecule has 2 aromatic rings. The number of nitrogens with zero attached hydrogens (tertiary/aromatic N) is 3. The number of halogens is 2. The van der Waals surface area contributed by atoms with Crippen LogP contribution in [-0.4, -0.2) is 61.6 Å². The maximum absolute atomic E-state index is 12.9. The van der Waals surface area contributed by atoms with Crippen LogP contribution < -0.4 is 9.64 Å². The largest absolute Gasteiger partial charge is 0.494 e. The SMILES string of the molecule is CCOC(=O)c1ccc(N2CCN(C(=O)c3cc(Cl)c(OC)c(Cl)c3)CC2)c([N+](=O)[O-])c1. The number of rotatable bonds is 6. The van der Waals surface area contributed by atoms with Crippen LogP contribution >= 0.6 is 23.2 Å².